The first-order valence-electron chi connectivity index (χ1n) is 8.06. The largest absolute Gasteiger partial charge is 0.318 e. The predicted molar refractivity (Wildman–Crippen MR) is 97.3 cm³/mol. The summed E-state index contributed by atoms with van der Waals surface area (Å²) in [5, 5.41) is 2.77. The lowest BCUT2D eigenvalue weighted by atomic mass is 9.82. The molecule has 2 N–H and O–H groups in total. The molecule has 1 aliphatic heterocycles. The third kappa shape index (κ3) is 2.60. The molecule has 2 heterocycles. The maximum Gasteiger partial charge on any atom is 0.260 e. The van der Waals surface area contributed by atoms with Crippen LogP contribution in [0.1, 0.15) is 54.5 Å². The predicted octanol–water partition coefficient (Wildman–Crippen LogP) is 3.58. The highest BCUT2D eigenvalue weighted by Gasteiger charge is 2.32. The summed E-state index contributed by atoms with van der Waals surface area (Å²) in [4.78, 5) is 28.3. The Kier molecular flexibility index (Phi) is 4.17. The first-order valence-corrected chi connectivity index (χ1v) is 8.46. The maximum absolute atomic E-state index is 13.1. The van der Waals surface area contributed by atoms with E-state index in [-0.39, 0.29) is 29.8 Å². The van der Waals surface area contributed by atoms with Crippen LogP contribution in [0.25, 0.3) is 0 Å². The van der Waals surface area contributed by atoms with Gasteiger partial charge in [0.2, 0.25) is 5.91 Å². The molecule has 0 fully saturated rings. The van der Waals surface area contributed by atoms with E-state index in [0.717, 1.165) is 16.7 Å². The summed E-state index contributed by atoms with van der Waals surface area (Å²) in [6.45, 7) is 7.88. The Morgan fingerprint density at radius 1 is 1.17 bits per heavy atom. The van der Waals surface area contributed by atoms with Crippen molar-refractivity contribution in [3.63, 3.8) is 0 Å². The number of aromatic nitrogens is 2. The Balaban J connectivity index is 2.34. The summed E-state index contributed by atoms with van der Waals surface area (Å²) in [5.74, 6) is 0.0626. The Hall–Kier alpha value is -2.21. The van der Waals surface area contributed by atoms with Gasteiger partial charge in [-0.05, 0) is 56.6 Å². The summed E-state index contributed by atoms with van der Waals surface area (Å²) in [6.07, 6.45) is 0.261. The van der Waals surface area contributed by atoms with Gasteiger partial charge in [-0.3, -0.25) is 14.2 Å². The van der Waals surface area contributed by atoms with Crippen molar-refractivity contribution < 1.29 is 4.79 Å². The van der Waals surface area contributed by atoms with Gasteiger partial charge in [0, 0.05) is 18.4 Å². The first-order chi connectivity index (χ1) is 11.3. The second kappa shape index (κ2) is 6.02. The number of hydrogen-bond acceptors (Lipinski definition) is 3. The molecule has 1 unspecified atom stereocenters. The van der Waals surface area contributed by atoms with Crippen molar-refractivity contribution in [1.82, 2.24) is 9.55 Å². The van der Waals surface area contributed by atoms with Crippen LogP contribution in [0.2, 0.25) is 0 Å². The normalized spacial score (nSPS) is 16.9. The number of aromatic amines is 1. The number of nitrogens with zero attached hydrogens (tertiary/aromatic N) is 1. The topological polar surface area (TPSA) is 66.9 Å². The fraction of sp³-hybridized carbons (Fsp3) is 0.389. The number of H-pyrrole nitrogens is 1. The van der Waals surface area contributed by atoms with Crippen LogP contribution in [0, 0.1) is 18.6 Å². The highest BCUT2D eigenvalue weighted by Crippen LogP contribution is 2.37. The fourth-order valence-corrected chi connectivity index (χ4v) is 3.95. The van der Waals surface area contributed by atoms with Gasteiger partial charge in [0.15, 0.2) is 4.77 Å². The number of benzene rings is 1. The summed E-state index contributed by atoms with van der Waals surface area (Å²) in [6, 6.07) is 5.97. The monoisotopic (exact) mass is 343 g/mol. The van der Waals surface area contributed by atoms with Gasteiger partial charge >= 0.3 is 0 Å². The number of amides is 1. The number of fused-ring (bicyclic) bond motifs is 1. The van der Waals surface area contributed by atoms with Crippen molar-refractivity contribution in [2.45, 2.75) is 46.1 Å². The smallest absolute Gasteiger partial charge is 0.260 e. The molecule has 0 radical (unpaired) electrons. The lowest BCUT2D eigenvalue weighted by Crippen LogP contribution is -2.36. The second-order valence-electron chi connectivity index (χ2n) is 6.60. The number of rotatable bonds is 2. The molecule has 1 aromatic heterocycles. The number of hydrogen-bond donors (Lipinski definition) is 2. The van der Waals surface area contributed by atoms with Crippen LogP contribution in [0.3, 0.4) is 0 Å². The summed E-state index contributed by atoms with van der Waals surface area (Å²) >= 11 is 5.30. The van der Waals surface area contributed by atoms with Crippen LogP contribution in [-0.4, -0.2) is 15.5 Å². The third-order valence-electron chi connectivity index (χ3n) is 4.58. The molecule has 0 saturated heterocycles. The molecule has 0 bridgehead atoms. The Bertz CT molecular complexity index is 920. The highest BCUT2D eigenvalue weighted by molar-refractivity contribution is 7.71. The molecule has 6 heteroatoms. The second-order valence-corrected chi connectivity index (χ2v) is 6.98. The molecule has 5 nitrogen and oxygen atoms in total. The van der Waals surface area contributed by atoms with Gasteiger partial charge in [-0.25, -0.2) is 0 Å². The van der Waals surface area contributed by atoms with E-state index in [2.05, 4.69) is 10.3 Å². The number of anilines is 1. The minimum atomic E-state index is -0.265. The van der Waals surface area contributed by atoms with Crippen molar-refractivity contribution >= 4 is 23.9 Å². The minimum Gasteiger partial charge on any atom is -0.318 e. The molecular formula is C18H21N3O2S. The van der Waals surface area contributed by atoms with E-state index in [4.69, 9.17) is 12.2 Å². The first kappa shape index (κ1) is 16.6. The van der Waals surface area contributed by atoms with Crippen molar-refractivity contribution in [2.75, 3.05) is 5.32 Å². The zero-order valence-electron chi connectivity index (χ0n) is 14.3. The SMILES string of the molecule is Cc1cccc(C)c1C1CC(=O)Nc2[nH]c(=S)n(C(C)C)c(=O)c21. The van der Waals surface area contributed by atoms with E-state index < -0.39 is 0 Å². The van der Waals surface area contributed by atoms with Gasteiger partial charge in [0.25, 0.3) is 5.56 Å². The highest BCUT2D eigenvalue weighted by atomic mass is 32.1. The Labute approximate surface area is 145 Å². The number of aryl methyl sites for hydroxylation is 2. The zero-order chi connectivity index (χ0) is 17.6. The number of carbonyl (C=O) groups is 1. The van der Waals surface area contributed by atoms with Crippen LogP contribution in [-0.2, 0) is 4.79 Å². The minimum absolute atomic E-state index is 0.0530. The van der Waals surface area contributed by atoms with Crippen molar-refractivity contribution in [2.24, 2.45) is 0 Å². The average Bonchev–Trinajstić information content (AvgIpc) is 2.45. The van der Waals surface area contributed by atoms with Gasteiger partial charge in [0.05, 0.1) is 5.56 Å². The van der Waals surface area contributed by atoms with Gasteiger partial charge in [-0.1, -0.05) is 18.2 Å². The summed E-state index contributed by atoms with van der Waals surface area (Å²) < 4.78 is 1.91. The van der Waals surface area contributed by atoms with Gasteiger partial charge in [-0.15, -0.1) is 0 Å². The molecule has 24 heavy (non-hydrogen) atoms. The lowest BCUT2D eigenvalue weighted by molar-refractivity contribution is -0.116. The van der Waals surface area contributed by atoms with Crippen molar-refractivity contribution in [1.29, 1.82) is 0 Å². The quantitative estimate of drug-likeness (QED) is 0.819. The number of carbonyl (C=O) groups excluding carboxylic acids is 1. The lowest BCUT2D eigenvalue weighted by Gasteiger charge is -2.28. The van der Waals surface area contributed by atoms with Crippen molar-refractivity contribution in [3.8, 4) is 0 Å². The van der Waals surface area contributed by atoms with E-state index >= 15 is 0 Å². The number of nitrogens with one attached hydrogen (secondary N) is 2. The van der Waals surface area contributed by atoms with Crippen LogP contribution in [0.4, 0.5) is 5.82 Å². The van der Waals surface area contributed by atoms with Crippen LogP contribution in [0.15, 0.2) is 23.0 Å². The fourth-order valence-electron chi connectivity index (χ4n) is 3.56. The van der Waals surface area contributed by atoms with E-state index in [1.54, 1.807) is 4.57 Å². The summed E-state index contributed by atoms with van der Waals surface area (Å²) in [5.41, 5.74) is 3.68. The van der Waals surface area contributed by atoms with Gasteiger partial charge in [0.1, 0.15) is 5.82 Å². The van der Waals surface area contributed by atoms with Crippen molar-refractivity contribution in [3.05, 3.63) is 55.6 Å². The van der Waals surface area contributed by atoms with Crippen LogP contribution >= 0.6 is 12.2 Å². The molecule has 126 valence electrons. The molecule has 1 aliphatic rings. The molecule has 3 rings (SSSR count). The molecular weight excluding hydrogens is 322 g/mol. The molecule has 2 aromatic rings. The standard InChI is InChI=1S/C18H21N3O2S/c1-9(2)21-17(23)15-12(14-10(3)6-5-7-11(14)4)8-13(22)19-16(15)20-18(21)24/h5-7,9,12H,8H2,1-4H3,(H,19,22)(H,20,24). The van der Waals surface area contributed by atoms with Crippen LogP contribution < -0.4 is 10.9 Å². The third-order valence-corrected chi connectivity index (χ3v) is 4.88. The molecule has 1 aromatic carbocycles. The molecule has 0 saturated carbocycles. The molecule has 1 amide bonds. The van der Waals surface area contributed by atoms with Crippen LogP contribution in [0.5, 0.6) is 0 Å². The maximum atomic E-state index is 13.1. The molecule has 0 spiro atoms. The van der Waals surface area contributed by atoms with Gasteiger partial charge < -0.3 is 10.3 Å². The molecule has 1 atom stereocenters. The zero-order valence-corrected chi connectivity index (χ0v) is 15.1. The Morgan fingerprint density at radius 2 is 1.79 bits per heavy atom. The van der Waals surface area contributed by atoms with Gasteiger partial charge in [-0.2, -0.15) is 0 Å². The summed E-state index contributed by atoms with van der Waals surface area (Å²) in [7, 11) is 0. The van der Waals surface area contributed by atoms with E-state index in [0.29, 0.717) is 16.2 Å². The average molecular weight is 343 g/mol. The van der Waals surface area contributed by atoms with E-state index in [1.807, 2.05) is 45.9 Å². The van der Waals surface area contributed by atoms with E-state index in [1.165, 1.54) is 0 Å². The Morgan fingerprint density at radius 3 is 2.38 bits per heavy atom. The molecule has 0 aliphatic carbocycles. The van der Waals surface area contributed by atoms with E-state index in [9.17, 15) is 9.59 Å².